The molecule has 5 N–H and O–H groups in total. The van der Waals surface area contributed by atoms with Crippen molar-refractivity contribution in [3.63, 3.8) is 0 Å². The zero-order valence-electron chi connectivity index (χ0n) is 20.2. The van der Waals surface area contributed by atoms with Crippen molar-refractivity contribution in [1.82, 2.24) is 14.7 Å². The summed E-state index contributed by atoms with van der Waals surface area (Å²) in [5.74, 6) is 0.905. The van der Waals surface area contributed by atoms with Crippen molar-refractivity contribution in [2.75, 3.05) is 11.9 Å². The highest BCUT2D eigenvalue weighted by Crippen LogP contribution is 2.67. The normalized spacial score (nSPS) is 30.0. The number of rotatable bonds is 3. The Morgan fingerprint density at radius 1 is 1.28 bits per heavy atom. The van der Waals surface area contributed by atoms with Gasteiger partial charge >= 0.3 is 0 Å². The Balaban J connectivity index is 1.74. The van der Waals surface area contributed by atoms with Gasteiger partial charge in [0.1, 0.15) is 34.4 Å². The van der Waals surface area contributed by atoms with Gasteiger partial charge in [-0.05, 0) is 52.0 Å². The van der Waals surface area contributed by atoms with Gasteiger partial charge in [-0.25, -0.2) is 23.1 Å². The van der Waals surface area contributed by atoms with E-state index in [0.29, 0.717) is 5.56 Å². The maximum Gasteiger partial charge on any atom is 0.275 e. The highest BCUT2D eigenvalue weighted by Gasteiger charge is 2.64. The molecule has 3 atom stereocenters. The van der Waals surface area contributed by atoms with Gasteiger partial charge in [-0.15, -0.1) is 5.92 Å². The van der Waals surface area contributed by atoms with Crippen LogP contribution in [-0.2, 0) is 5.54 Å². The minimum Gasteiger partial charge on any atom is -0.386 e. The van der Waals surface area contributed by atoms with Gasteiger partial charge in [0.25, 0.3) is 11.8 Å². The van der Waals surface area contributed by atoms with Crippen molar-refractivity contribution in [2.45, 2.75) is 55.6 Å². The molecule has 2 aromatic rings. The minimum atomic E-state index is -3.16. The highest BCUT2D eigenvalue weighted by molar-refractivity contribution is 8.29. The molecule has 1 fully saturated rings. The van der Waals surface area contributed by atoms with Crippen molar-refractivity contribution in [3.05, 3.63) is 53.2 Å². The molecule has 0 aromatic carbocycles. The largest absolute Gasteiger partial charge is 0.386 e. The van der Waals surface area contributed by atoms with E-state index in [0.717, 1.165) is 6.07 Å². The standard InChI is InChI=1S/C24H27F3N6O2S/c1-5-6-14-7-9-16(29-12-14)20(34)32-18-10-8-15(25)19(31-18)23(4)17-11-24(26,27)13-30-36(17,35)22(2,3)21(28)33-23/h7-10,12,17,30,35H,11,13H2,1-4H3,(H2,28,33)(H,31,32,34)/t17-,23?/m1/s1. The minimum absolute atomic E-state index is 0.00780. The molecule has 0 bridgehead atoms. The molecule has 1 saturated heterocycles. The number of alkyl halides is 2. The quantitative estimate of drug-likeness (QED) is 0.457. The third kappa shape index (κ3) is 4.21. The summed E-state index contributed by atoms with van der Waals surface area (Å²) >= 11 is 0. The Bertz CT molecular complexity index is 1310. The van der Waals surface area contributed by atoms with Crippen LogP contribution in [0.5, 0.6) is 0 Å². The summed E-state index contributed by atoms with van der Waals surface area (Å²) in [5.41, 5.74) is 4.88. The first-order valence-corrected chi connectivity index (χ1v) is 12.8. The van der Waals surface area contributed by atoms with Crippen LogP contribution in [0.15, 0.2) is 35.5 Å². The van der Waals surface area contributed by atoms with Crippen molar-refractivity contribution < 1.29 is 22.5 Å². The number of nitrogens with zero attached hydrogens (tertiary/aromatic N) is 3. The van der Waals surface area contributed by atoms with Crippen LogP contribution in [0, 0.1) is 17.7 Å². The Labute approximate surface area is 208 Å². The molecule has 4 rings (SSSR count). The van der Waals surface area contributed by atoms with Crippen molar-refractivity contribution in [2.24, 2.45) is 10.7 Å². The van der Waals surface area contributed by atoms with Gasteiger partial charge in [-0.3, -0.25) is 14.5 Å². The van der Waals surface area contributed by atoms with Gasteiger partial charge in [0.15, 0.2) is 0 Å². The lowest BCUT2D eigenvalue weighted by Crippen LogP contribution is -2.65. The number of amidine groups is 1. The molecular formula is C24H27F3N6O2S. The van der Waals surface area contributed by atoms with E-state index < -0.39 is 56.6 Å². The Kier molecular flexibility index (Phi) is 6.31. The molecule has 0 radical (unpaired) electrons. The van der Waals surface area contributed by atoms with Crippen LogP contribution in [0.25, 0.3) is 0 Å². The second-order valence-electron chi connectivity index (χ2n) is 9.44. The molecule has 0 spiro atoms. The number of hydrogen-bond acceptors (Lipinski definition) is 7. The Morgan fingerprint density at radius 2 is 2.00 bits per heavy atom. The maximum atomic E-state index is 15.2. The number of carbonyl (C=O) groups excluding carboxylic acids is 1. The second-order valence-corrected chi connectivity index (χ2v) is 12.6. The fourth-order valence-corrected chi connectivity index (χ4v) is 7.84. The fourth-order valence-electron chi connectivity index (χ4n) is 4.46. The molecule has 36 heavy (non-hydrogen) atoms. The van der Waals surface area contributed by atoms with Crippen LogP contribution in [0.1, 0.15) is 55.9 Å². The number of nitrogens with two attached hydrogens (primary N) is 1. The summed E-state index contributed by atoms with van der Waals surface area (Å²) < 4.78 is 57.4. The maximum absolute atomic E-state index is 15.2. The fraction of sp³-hybridized carbons (Fsp3) is 0.417. The monoisotopic (exact) mass is 520 g/mol. The molecule has 1 amide bonds. The van der Waals surface area contributed by atoms with Gasteiger partial charge in [0, 0.05) is 18.2 Å². The molecule has 2 aromatic heterocycles. The van der Waals surface area contributed by atoms with Crippen molar-refractivity contribution in [1.29, 1.82) is 0 Å². The summed E-state index contributed by atoms with van der Waals surface area (Å²) in [7, 11) is -3.04. The van der Waals surface area contributed by atoms with Crippen LogP contribution in [0.4, 0.5) is 19.0 Å². The molecule has 2 aliphatic heterocycles. The molecule has 2 unspecified atom stereocenters. The zero-order valence-corrected chi connectivity index (χ0v) is 21.0. The van der Waals surface area contributed by atoms with E-state index in [-0.39, 0.29) is 23.0 Å². The number of halogens is 3. The summed E-state index contributed by atoms with van der Waals surface area (Å²) in [6.45, 7) is 5.61. The van der Waals surface area contributed by atoms with E-state index in [1.165, 1.54) is 25.3 Å². The smallest absolute Gasteiger partial charge is 0.275 e. The van der Waals surface area contributed by atoms with E-state index in [4.69, 9.17) is 5.73 Å². The van der Waals surface area contributed by atoms with E-state index >= 15 is 4.39 Å². The molecule has 0 aliphatic carbocycles. The van der Waals surface area contributed by atoms with E-state index in [2.05, 4.69) is 36.8 Å². The number of pyridine rings is 2. The number of nitrogens with one attached hydrogen (secondary N) is 2. The number of fused-ring (bicyclic) bond motifs is 1. The Hall–Kier alpha value is -3.14. The predicted molar refractivity (Wildman–Crippen MR) is 134 cm³/mol. The summed E-state index contributed by atoms with van der Waals surface area (Å²) in [4.78, 5) is 25.4. The van der Waals surface area contributed by atoms with Crippen molar-refractivity contribution >= 4 is 28.1 Å². The average Bonchev–Trinajstić information content (AvgIpc) is 2.81. The van der Waals surface area contributed by atoms with Crippen LogP contribution in [0.2, 0.25) is 0 Å². The molecule has 8 nitrogen and oxygen atoms in total. The highest BCUT2D eigenvalue weighted by atomic mass is 32.3. The molecule has 192 valence electrons. The average molecular weight is 521 g/mol. The molecular weight excluding hydrogens is 493 g/mol. The summed E-state index contributed by atoms with van der Waals surface area (Å²) in [6, 6.07) is 5.41. The first-order valence-electron chi connectivity index (χ1n) is 11.1. The lowest BCUT2D eigenvalue weighted by molar-refractivity contribution is -0.0148. The van der Waals surface area contributed by atoms with Crippen LogP contribution >= 0.6 is 10.5 Å². The van der Waals surface area contributed by atoms with Gasteiger partial charge in [-0.2, -0.15) is 0 Å². The Morgan fingerprint density at radius 3 is 2.64 bits per heavy atom. The van der Waals surface area contributed by atoms with Gasteiger partial charge in [0.2, 0.25) is 0 Å². The van der Waals surface area contributed by atoms with E-state index in [1.54, 1.807) is 26.8 Å². The number of carbonyl (C=O) groups is 1. The second kappa shape index (κ2) is 8.76. The lowest BCUT2D eigenvalue weighted by Gasteiger charge is -2.61. The predicted octanol–water partition coefficient (Wildman–Crippen LogP) is 3.79. The van der Waals surface area contributed by atoms with Gasteiger partial charge in [0.05, 0.1) is 16.5 Å². The number of aromatic nitrogens is 2. The van der Waals surface area contributed by atoms with Crippen LogP contribution in [-0.4, -0.2) is 48.7 Å². The summed E-state index contributed by atoms with van der Waals surface area (Å²) in [6.07, 6.45) is 0.703. The number of amides is 1. The molecule has 12 heteroatoms. The van der Waals surface area contributed by atoms with Gasteiger partial charge < -0.3 is 15.6 Å². The number of aliphatic imine (C=N–C) groups is 1. The van der Waals surface area contributed by atoms with Crippen molar-refractivity contribution in [3.8, 4) is 11.8 Å². The van der Waals surface area contributed by atoms with Gasteiger partial charge in [-0.1, -0.05) is 16.4 Å². The first kappa shape index (κ1) is 25.9. The molecule has 0 saturated carbocycles. The van der Waals surface area contributed by atoms with Crippen LogP contribution < -0.4 is 15.8 Å². The number of anilines is 1. The molecule has 2 aliphatic rings. The van der Waals surface area contributed by atoms with Crippen LogP contribution in [0.3, 0.4) is 0 Å². The van der Waals surface area contributed by atoms with E-state index in [9.17, 15) is 18.1 Å². The SMILES string of the molecule is CC#Cc1ccc(C(=O)Nc2ccc(F)c(C3(C)N=C(N)C(C)(C)S4(O)NCC(F)(F)C[C@H]34)n2)nc1. The van der Waals surface area contributed by atoms with E-state index in [1.807, 2.05) is 0 Å². The summed E-state index contributed by atoms with van der Waals surface area (Å²) in [5, 5.41) is 1.33. The third-order valence-corrected chi connectivity index (χ3v) is 10.5. The topological polar surface area (TPSA) is 126 Å². The first-order chi connectivity index (χ1) is 16.7. The molecule has 4 heterocycles. The number of hydrogen-bond donors (Lipinski definition) is 4. The zero-order chi connectivity index (χ0) is 26.5. The third-order valence-electron chi connectivity index (χ3n) is 6.65. The lowest BCUT2D eigenvalue weighted by atomic mass is 9.88.